The molecule has 0 aliphatic heterocycles. The van der Waals surface area contributed by atoms with E-state index in [2.05, 4.69) is 15.3 Å². The highest BCUT2D eigenvalue weighted by Crippen LogP contribution is 2.22. The number of nitrogens with zero attached hydrogens (tertiary/aromatic N) is 2. The van der Waals surface area contributed by atoms with E-state index in [4.69, 9.17) is 0 Å². The van der Waals surface area contributed by atoms with Gasteiger partial charge in [0.1, 0.15) is 6.04 Å². The second-order valence-electron chi connectivity index (χ2n) is 4.92. The van der Waals surface area contributed by atoms with Gasteiger partial charge in [-0.2, -0.15) is 0 Å². The largest absolute Gasteiger partial charge is 0.480 e. The van der Waals surface area contributed by atoms with Gasteiger partial charge in [-0.25, -0.2) is 4.79 Å². The number of fused-ring (bicyclic) bond motifs is 1. The summed E-state index contributed by atoms with van der Waals surface area (Å²) >= 11 is 0. The van der Waals surface area contributed by atoms with Crippen molar-refractivity contribution in [3.63, 3.8) is 0 Å². The summed E-state index contributed by atoms with van der Waals surface area (Å²) in [6.45, 7) is 4.01. The molecule has 0 fully saturated rings. The van der Waals surface area contributed by atoms with Crippen LogP contribution in [-0.2, 0) is 4.79 Å². The van der Waals surface area contributed by atoms with E-state index in [-0.39, 0.29) is 0 Å². The van der Waals surface area contributed by atoms with Crippen molar-refractivity contribution in [2.75, 3.05) is 5.32 Å². The van der Waals surface area contributed by atoms with Gasteiger partial charge in [0, 0.05) is 29.7 Å². The van der Waals surface area contributed by atoms with Gasteiger partial charge in [0.2, 0.25) is 0 Å². The Labute approximate surface area is 111 Å². The zero-order valence-electron chi connectivity index (χ0n) is 11.0. The molecule has 0 saturated heterocycles. The Hall–Kier alpha value is -2.17. The van der Waals surface area contributed by atoms with Gasteiger partial charge in [-0.3, -0.25) is 9.97 Å². The summed E-state index contributed by atoms with van der Waals surface area (Å²) in [5.74, 6) is -0.539. The molecule has 5 heteroatoms. The Morgan fingerprint density at radius 3 is 2.84 bits per heavy atom. The summed E-state index contributed by atoms with van der Waals surface area (Å²) in [6, 6.07) is 2.98. The summed E-state index contributed by atoms with van der Waals surface area (Å²) in [5, 5.41) is 13.2. The fourth-order valence-electron chi connectivity index (χ4n) is 2.00. The highest BCUT2D eigenvalue weighted by atomic mass is 16.4. The molecular weight excluding hydrogens is 242 g/mol. The molecule has 5 nitrogen and oxygen atoms in total. The average molecular weight is 259 g/mol. The molecule has 0 bridgehead atoms. The normalized spacial score (nSPS) is 12.6. The molecule has 0 saturated carbocycles. The van der Waals surface area contributed by atoms with Crippen molar-refractivity contribution >= 4 is 22.6 Å². The smallest absolute Gasteiger partial charge is 0.326 e. The summed E-state index contributed by atoms with van der Waals surface area (Å²) in [6.07, 6.45) is 5.60. The van der Waals surface area contributed by atoms with Crippen LogP contribution in [0.1, 0.15) is 20.3 Å². The van der Waals surface area contributed by atoms with E-state index in [1.165, 1.54) is 0 Å². The molecule has 2 heterocycles. The van der Waals surface area contributed by atoms with Gasteiger partial charge < -0.3 is 10.4 Å². The van der Waals surface area contributed by atoms with E-state index in [1.54, 1.807) is 30.7 Å². The van der Waals surface area contributed by atoms with Gasteiger partial charge in [-0.1, -0.05) is 13.8 Å². The number of carbonyl (C=O) groups is 1. The Balaban J connectivity index is 2.31. The second kappa shape index (κ2) is 5.65. The van der Waals surface area contributed by atoms with Crippen LogP contribution in [0.25, 0.3) is 10.9 Å². The van der Waals surface area contributed by atoms with Gasteiger partial charge in [0.15, 0.2) is 0 Å². The number of hydrogen-bond acceptors (Lipinski definition) is 4. The maximum Gasteiger partial charge on any atom is 0.326 e. The number of pyridine rings is 2. The molecule has 2 N–H and O–H groups in total. The number of hydrogen-bond donors (Lipinski definition) is 2. The summed E-state index contributed by atoms with van der Waals surface area (Å²) in [4.78, 5) is 19.6. The van der Waals surface area contributed by atoms with Crippen LogP contribution in [-0.4, -0.2) is 27.1 Å². The van der Waals surface area contributed by atoms with Crippen LogP contribution in [0, 0.1) is 5.92 Å². The van der Waals surface area contributed by atoms with E-state index >= 15 is 0 Å². The molecule has 0 spiro atoms. The van der Waals surface area contributed by atoms with Crippen LogP contribution in [0.4, 0.5) is 5.69 Å². The van der Waals surface area contributed by atoms with Gasteiger partial charge >= 0.3 is 5.97 Å². The number of aliphatic carboxylic acids is 1. The fraction of sp³-hybridized carbons (Fsp3) is 0.357. The number of carboxylic acids is 1. The second-order valence-corrected chi connectivity index (χ2v) is 4.92. The lowest BCUT2D eigenvalue weighted by atomic mass is 10.0. The molecule has 0 unspecified atom stereocenters. The van der Waals surface area contributed by atoms with E-state index in [1.807, 2.05) is 13.8 Å². The van der Waals surface area contributed by atoms with Crippen molar-refractivity contribution in [3.8, 4) is 0 Å². The molecule has 0 aliphatic carbocycles. The molecule has 1 atom stereocenters. The molecule has 0 amide bonds. The average Bonchev–Trinajstić information content (AvgIpc) is 2.37. The van der Waals surface area contributed by atoms with Crippen LogP contribution < -0.4 is 5.32 Å². The summed E-state index contributed by atoms with van der Waals surface area (Å²) in [5.41, 5.74) is 1.56. The number of carboxylic acid groups (broad SMARTS) is 1. The predicted molar refractivity (Wildman–Crippen MR) is 74.0 cm³/mol. The number of aromatic nitrogens is 2. The SMILES string of the molecule is CC(C)C[C@H](Nc1ccnc2ccncc12)C(=O)O. The van der Waals surface area contributed by atoms with E-state index in [0.29, 0.717) is 12.3 Å². The first-order valence-electron chi connectivity index (χ1n) is 6.26. The minimum atomic E-state index is -0.845. The minimum Gasteiger partial charge on any atom is -0.480 e. The van der Waals surface area contributed by atoms with Gasteiger partial charge in [0.05, 0.1) is 5.52 Å². The highest BCUT2D eigenvalue weighted by molar-refractivity contribution is 5.92. The number of anilines is 1. The first-order valence-corrected chi connectivity index (χ1v) is 6.26. The Morgan fingerprint density at radius 1 is 1.37 bits per heavy atom. The predicted octanol–water partition coefficient (Wildman–Crippen LogP) is 2.54. The van der Waals surface area contributed by atoms with Gasteiger partial charge in [0.25, 0.3) is 0 Å². The lowest BCUT2D eigenvalue weighted by Crippen LogP contribution is -2.30. The topological polar surface area (TPSA) is 75.1 Å². The number of rotatable bonds is 5. The molecule has 100 valence electrons. The molecule has 2 rings (SSSR count). The third kappa shape index (κ3) is 3.19. The van der Waals surface area contributed by atoms with Crippen LogP contribution >= 0.6 is 0 Å². The van der Waals surface area contributed by atoms with Crippen LogP contribution in [0.5, 0.6) is 0 Å². The minimum absolute atomic E-state index is 0.305. The van der Waals surface area contributed by atoms with E-state index < -0.39 is 12.0 Å². The monoisotopic (exact) mass is 259 g/mol. The van der Waals surface area contributed by atoms with Crippen molar-refractivity contribution in [3.05, 3.63) is 30.7 Å². The summed E-state index contributed by atoms with van der Waals surface area (Å²) in [7, 11) is 0. The zero-order valence-corrected chi connectivity index (χ0v) is 11.0. The van der Waals surface area contributed by atoms with Gasteiger partial charge in [-0.05, 0) is 24.5 Å². The first-order chi connectivity index (χ1) is 9.08. The van der Waals surface area contributed by atoms with Crippen molar-refractivity contribution in [1.82, 2.24) is 9.97 Å². The van der Waals surface area contributed by atoms with Crippen LogP contribution in [0.15, 0.2) is 30.7 Å². The highest BCUT2D eigenvalue weighted by Gasteiger charge is 2.19. The van der Waals surface area contributed by atoms with E-state index in [9.17, 15) is 9.90 Å². The van der Waals surface area contributed by atoms with Crippen LogP contribution in [0.2, 0.25) is 0 Å². The molecule has 19 heavy (non-hydrogen) atoms. The Morgan fingerprint density at radius 2 is 2.16 bits per heavy atom. The molecular formula is C14H17N3O2. The molecule has 2 aromatic heterocycles. The maximum absolute atomic E-state index is 11.3. The molecule has 2 aromatic rings. The standard InChI is InChI=1S/C14H17N3O2/c1-9(2)7-13(14(18)19)17-12-4-6-16-11-3-5-15-8-10(11)12/h3-6,8-9,13H,7H2,1-2H3,(H,16,17)(H,18,19)/t13-/m0/s1. The quantitative estimate of drug-likeness (QED) is 0.863. The zero-order chi connectivity index (χ0) is 13.8. The van der Waals surface area contributed by atoms with Crippen molar-refractivity contribution in [2.45, 2.75) is 26.3 Å². The van der Waals surface area contributed by atoms with Crippen molar-refractivity contribution in [2.24, 2.45) is 5.92 Å². The lowest BCUT2D eigenvalue weighted by molar-refractivity contribution is -0.138. The Bertz CT molecular complexity index is 578. The van der Waals surface area contributed by atoms with Crippen LogP contribution in [0.3, 0.4) is 0 Å². The number of nitrogens with one attached hydrogen (secondary N) is 1. The van der Waals surface area contributed by atoms with Crippen molar-refractivity contribution in [1.29, 1.82) is 0 Å². The molecule has 0 radical (unpaired) electrons. The molecule has 0 aromatic carbocycles. The maximum atomic E-state index is 11.3. The lowest BCUT2D eigenvalue weighted by Gasteiger charge is -2.18. The fourth-order valence-corrected chi connectivity index (χ4v) is 2.00. The Kier molecular flexibility index (Phi) is 3.94. The molecule has 0 aliphatic rings. The van der Waals surface area contributed by atoms with Crippen molar-refractivity contribution < 1.29 is 9.90 Å². The third-order valence-corrected chi connectivity index (χ3v) is 2.88. The third-order valence-electron chi connectivity index (χ3n) is 2.88. The van der Waals surface area contributed by atoms with Gasteiger partial charge in [-0.15, -0.1) is 0 Å². The summed E-state index contributed by atoms with van der Waals surface area (Å²) < 4.78 is 0. The van der Waals surface area contributed by atoms with E-state index in [0.717, 1.165) is 16.6 Å². The first kappa shape index (κ1) is 13.3.